The van der Waals surface area contributed by atoms with Gasteiger partial charge in [0.2, 0.25) is 5.91 Å². The smallest absolute Gasteiger partial charge is 0.237 e. The molecule has 0 aromatic heterocycles. The maximum atomic E-state index is 13.1. The van der Waals surface area contributed by atoms with Gasteiger partial charge >= 0.3 is 0 Å². The molecule has 142 valence electrons. The van der Waals surface area contributed by atoms with Gasteiger partial charge in [0.25, 0.3) is 0 Å². The Morgan fingerprint density at radius 3 is 2.70 bits per heavy atom. The van der Waals surface area contributed by atoms with Gasteiger partial charge in [0.15, 0.2) is 0 Å². The number of nitrogens with zero attached hydrogens (tertiary/aromatic N) is 1. The number of halogens is 1. The van der Waals surface area contributed by atoms with Crippen molar-refractivity contribution in [2.75, 3.05) is 6.54 Å². The van der Waals surface area contributed by atoms with Crippen molar-refractivity contribution in [1.82, 2.24) is 10.2 Å². The number of nitrogens with one attached hydrogen (secondary N) is 1. The van der Waals surface area contributed by atoms with Gasteiger partial charge in [0.05, 0.1) is 6.04 Å². The van der Waals surface area contributed by atoms with Crippen molar-refractivity contribution in [3.05, 3.63) is 59.9 Å². The van der Waals surface area contributed by atoms with Crippen LogP contribution in [0, 0.1) is 5.82 Å². The maximum absolute atomic E-state index is 13.1. The number of thioether (sulfide) groups is 1. The van der Waals surface area contributed by atoms with E-state index in [1.807, 2.05) is 12.1 Å². The monoisotopic (exact) mass is 386 g/mol. The van der Waals surface area contributed by atoms with E-state index in [9.17, 15) is 14.3 Å². The first-order valence-corrected chi connectivity index (χ1v) is 10.2. The van der Waals surface area contributed by atoms with Crippen LogP contribution in [0.2, 0.25) is 0 Å². The summed E-state index contributed by atoms with van der Waals surface area (Å²) >= 11 is 1.70. The Labute approximate surface area is 162 Å². The fourth-order valence-electron chi connectivity index (χ4n) is 3.51. The van der Waals surface area contributed by atoms with Crippen LogP contribution in [0.1, 0.15) is 24.8 Å². The Morgan fingerprint density at radius 1 is 1.22 bits per heavy atom. The van der Waals surface area contributed by atoms with Crippen LogP contribution in [0.5, 0.6) is 5.75 Å². The number of aromatic hydroxyl groups is 1. The summed E-state index contributed by atoms with van der Waals surface area (Å²) in [4.78, 5) is 15.9. The third-order valence-electron chi connectivity index (χ3n) is 5.00. The largest absolute Gasteiger partial charge is 0.508 e. The zero-order valence-corrected chi connectivity index (χ0v) is 15.8. The quantitative estimate of drug-likeness (QED) is 0.797. The van der Waals surface area contributed by atoms with E-state index in [1.54, 1.807) is 36.0 Å². The number of phenolic OH excluding ortho intramolecular Hbond substituents is 1. The number of carbonyl (C=O) groups is 1. The van der Waals surface area contributed by atoms with E-state index in [1.165, 1.54) is 12.1 Å². The van der Waals surface area contributed by atoms with Crippen molar-refractivity contribution in [1.29, 1.82) is 0 Å². The molecule has 1 heterocycles. The highest BCUT2D eigenvalue weighted by molar-refractivity contribution is 8.00. The minimum atomic E-state index is -0.238. The van der Waals surface area contributed by atoms with E-state index in [4.69, 9.17) is 0 Å². The van der Waals surface area contributed by atoms with E-state index >= 15 is 0 Å². The van der Waals surface area contributed by atoms with Crippen LogP contribution in [0.3, 0.4) is 0 Å². The average molecular weight is 386 g/mol. The SMILES string of the molecule is O=C(NC1CC1)[C@@H]1C[C@@H](Sc2ccc(F)cc2)CN1Cc1cccc(O)c1. The topological polar surface area (TPSA) is 52.6 Å². The molecule has 4 rings (SSSR count). The summed E-state index contributed by atoms with van der Waals surface area (Å²) in [6.45, 7) is 1.40. The first kappa shape index (κ1) is 18.3. The summed E-state index contributed by atoms with van der Waals surface area (Å²) in [6.07, 6.45) is 2.90. The van der Waals surface area contributed by atoms with Crippen LogP contribution in [-0.2, 0) is 11.3 Å². The molecule has 27 heavy (non-hydrogen) atoms. The molecule has 2 aromatic carbocycles. The summed E-state index contributed by atoms with van der Waals surface area (Å²) in [5.74, 6) is 0.0979. The number of amides is 1. The molecule has 2 atom stereocenters. The fraction of sp³-hybridized carbons (Fsp3) is 0.381. The van der Waals surface area contributed by atoms with Crippen molar-refractivity contribution in [3.63, 3.8) is 0 Å². The lowest BCUT2D eigenvalue weighted by atomic mass is 10.1. The number of phenols is 1. The third-order valence-corrected chi connectivity index (χ3v) is 6.22. The Morgan fingerprint density at radius 2 is 2.00 bits per heavy atom. The van der Waals surface area contributed by atoms with Crippen LogP contribution >= 0.6 is 11.8 Å². The van der Waals surface area contributed by atoms with Crippen molar-refractivity contribution in [2.24, 2.45) is 0 Å². The molecule has 1 aliphatic heterocycles. The number of hydrogen-bond donors (Lipinski definition) is 2. The van der Waals surface area contributed by atoms with Crippen LogP contribution < -0.4 is 5.32 Å². The molecule has 2 fully saturated rings. The lowest BCUT2D eigenvalue weighted by Gasteiger charge is -2.23. The molecule has 0 spiro atoms. The van der Waals surface area contributed by atoms with Crippen LogP contribution in [-0.4, -0.2) is 39.8 Å². The first-order valence-electron chi connectivity index (χ1n) is 9.31. The molecule has 0 unspecified atom stereocenters. The lowest BCUT2D eigenvalue weighted by molar-refractivity contribution is -0.125. The molecular weight excluding hydrogens is 363 g/mol. The number of likely N-dealkylation sites (tertiary alicyclic amines) is 1. The Bertz CT molecular complexity index is 810. The maximum Gasteiger partial charge on any atom is 0.237 e. The zero-order valence-electron chi connectivity index (χ0n) is 15.0. The van der Waals surface area contributed by atoms with Gasteiger partial charge in [-0.1, -0.05) is 12.1 Å². The van der Waals surface area contributed by atoms with Gasteiger partial charge < -0.3 is 10.4 Å². The molecular formula is C21H23FN2O2S. The Hall–Kier alpha value is -2.05. The van der Waals surface area contributed by atoms with E-state index in [0.717, 1.165) is 36.3 Å². The van der Waals surface area contributed by atoms with Gasteiger partial charge in [0, 0.05) is 29.3 Å². The average Bonchev–Trinajstić information content (AvgIpc) is 3.36. The highest BCUT2D eigenvalue weighted by Gasteiger charge is 2.38. The van der Waals surface area contributed by atoms with E-state index in [-0.39, 0.29) is 28.8 Å². The van der Waals surface area contributed by atoms with Crippen LogP contribution in [0.25, 0.3) is 0 Å². The molecule has 1 aliphatic carbocycles. The van der Waals surface area contributed by atoms with Crippen LogP contribution in [0.4, 0.5) is 4.39 Å². The molecule has 2 aromatic rings. The van der Waals surface area contributed by atoms with Crippen molar-refractivity contribution in [3.8, 4) is 5.75 Å². The fourth-order valence-corrected chi connectivity index (χ4v) is 4.74. The molecule has 1 saturated carbocycles. The Balaban J connectivity index is 1.47. The second-order valence-corrected chi connectivity index (χ2v) is 8.70. The van der Waals surface area contributed by atoms with Gasteiger partial charge in [-0.3, -0.25) is 9.69 Å². The predicted molar refractivity (Wildman–Crippen MR) is 104 cm³/mol. The molecule has 2 N–H and O–H groups in total. The van der Waals surface area contributed by atoms with Crippen molar-refractivity contribution >= 4 is 17.7 Å². The number of benzene rings is 2. The van der Waals surface area contributed by atoms with Gasteiger partial charge in [-0.15, -0.1) is 11.8 Å². The summed E-state index contributed by atoms with van der Waals surface area (Å²) < 4.78 is 13.1. The number of rotatable bonds is 6. The number of hydrogen-bond acceptors (Lipinski definition) is 4. The standard InChI is InChI=1S/C21H23FN2O2S/c22-15-4-8-18(9-5-15)27-19-11-20(21(26)23-16-6-7-16)24(13-19)12-14-2-1-3-17(25)10-14/h1-5,8-10,16,19-20,25H,6-7,11-13H2,(H,23,26)/t19-,20+/m1/s1. The minimum Gasteiger partial charge on any atom is -0.508 e. The minimum absolute atomic E-state index is 0.0971. The highest BCUT2D eigenvalue weighted by atomic mass is 32.2. The highest BCUT2D eigenvalue weighted by Crippen LogP contribution is 2.34. The van der Waals surface area contributed by atoms with E-state index < -0.39 is 0 Å². The molecule has 0 bridgehead atoms. The van der Waals surface area contributed by atoms with Gasteiger partial charge in [-0.2, -0.15) is 0 Å². The zero-order chi connectivity index (χ0) is 18.8. The lowest BCUT2D eigenvalue weighted by Crippen LogP contribution is -2.43. The molecule has 0 radical (unpaired) electrons. The summed E-state index contributed by atoms with van der Waals surface area (Å²) in [5.41, 5.74) is 0.992. The number of carbonyl (C=O) groups excluding carboxylic acids is 1. The van der Waals surface area contributed by atoms with E-state index in [2.05, 4.69) is 10.2 Å². The predicted octanol–water partition coefficient (Wildman–Crippen LogP) is 3.55. The van der Waals surface area contributed by atoms with Crippen molar-refractivity contribution < 1.29 is 14.3 Å². The summed E-state index contributed by atoms with van der Waals surface area (Å²) in [6, 6.07) is 13.9. The normalized spacial score (nSPS) is 22.7. The Kier molecular flexibility index (Phi) is 5.36. The summed E-state index contributed by atoms with van der Waals surface area (Å²) in [7, 11) is 0. The van der Waals surface area contributed by atoms with Gasteiger partial charge in [0.1, 0.15) is 11.6 Å². The van der Waals surface area contributed by atoms with Crippen LogP contribution in [0.15, 0.2) is 53.4 Å². The van der Waals surface area contributed by atoms with Gasteiger partial charge in [-0.25, -0.2) is 4.39 Å². The molecule has 4 nitrogen and oxygen atoms in total. The molecule has 2 aliphatic rings. The summed E-state index contributed by atoms with van der Waals surface area (Å²) in [5, 5.41) is 13.1. The second kappa shape index (κ2) is 7.90. The first-order chi connectivity index (χ1) is 13.1. The second-order valence-electron chi connectivity index (χ2n) is 7.33. The third kappa shape index (κ3) is 4.82. The van der Waals surface area contributed by atoms with Gasteiger partial charge in [-0.05, 0) is 61.2 Å². The molecule has 6 heteroatoms. The van der Waals surface area contributed by atoms with Crippen molar-refractivity contribution in [2.45, 2.75) is 48.0 Å². The molecule has 1 amide bonds. The molecule has 1 saturated heterocycles. The van der Waals surface area contributed by atoms with E-state index in [0.29, 0.717) is 12.6 Å².